The first-order chi connectivity index (χ1) is 13.1. The minimum absolute atomic E-state index is 0.0395. The van der Waals surface area contributed by atoms with Crippen LogP contribution in [0, 0.1) is 12.8 Å². The molecule has 1 N–H and O–H groups in total. The van der Waals surface area contributed by atoms with Gasteiger partial charge < -0.3 is 15.0 Å². The monoisotopic (exact) mass is 384 g/mol. The van der Waals surface area contributed by atoms with Crippen molar-refractivity contribution in [1.29, 1.82) is 0 Å². The zero-order chi connectivity index (χ0) is 18.9. The van der Waals surface area contributed by atoms with Crippen molar-refractivity contribution in [2.45, 2.75) is 25.3 Å². The number of para-hydroxylation sites is 1. The van der Waals surface area contributed by atoms with Gasteiger partial charge in [0.1, 0.15) is 0 Å². The van der Waals surface area contributed by atoms with Crippen molar-refractivity contribution in [3.05, 3.63) is 64.7 Å². The zero-order valence-corrected chi connectivity index (χ0v) is 16.3. The third kappa shape index (κ3) is 3.56. The van der Waals surface area contributed by atoms with Crippen LogP contribution < -0.4 is 5.32 Å². The molecule has 5 heteroatoms. The Kier molecular flexibility index (Phi) is 5.11. The Morgan fingerprint density at radius 2 is 1.81 bits per heavy atom. The third-order valence-electron chi connectivity index (χ3n) is 5.80. The number of benzene rings is 2. The summed E-state index contributed by atoms with van der Waals surface area (Å²) in [5, 5.41) is 4.48. The highest BCUT2D eigenvalue weighted by Crippen LogP contribution is 2.50. The van der Waals surface area contributed by atoms with Gasteiger partial charge in [-0.1, -0.05) is 41.9 Å². The van der Waals surface area contributed by atoms with Crippen LogP contribution >= 0.6 is 11.6 Å². The van der Waals surface area contributed by atoms with Gasteiger partial charge in [0, 0.05) is 29.7 Å². The summed E-state index contributed by atoms with van der Waals surface area (Å²) in [6, 6.07) is 16.2. The van der Waals surface area contributed by atoms with Gasteiger partial charge in [0.2, 0.25) is 5.91 Å². The molecule has 2 aromatic rings. The van der Waals surface area contributed by atoms with E-state index >= 15 is 0 Å². The van der Waals surface area contributed by atoms with Crippen LogP contribution in [0.25, 0.3) is 0 Å². The van der Waals surface area contributed by atoms with E-state index in [1.54, 1.807) is 0 Å². The van der Waals surface area contributed by atoms with Gasteiger partial charge in [-0.25, -0.2) is 0 Å². The smallest absolute Gasteiger partial charge is 0.226 e. The van der Waals surface area contributed by atoms with E-state index in [0.29, 0.717) is 26.3 Å². The van der Waals surface area contributed by atoms with Gasteiger partial charge in [-0.15, -0.1) is 0 Å². The first kappa shape index (κ1) is 18.3. The van der Waals surface area contributed by atoms with Crippen LogP contribution in [-0.4, -0.2) is 37.1 Å². The molecule has 2 aromatic carbocycles. The Bertz CT molecular complexity index is 812. The topological polar surface area (TPSA) is 41.6 Å². The highest BCUT2D eigenvalue weighted by molar-refractivity contribution is 6.31. The number of ether oxygens (including phenoxy) is 1. The average molecular weight is 385 g/mol. The highest BCUT2D eigenvalue weighted by atomic mass is 35.5. The van der Waals surface area contributed by atoms with Crippen LogP contribution in [0.3, 0.4) is 0 Å². The molecule has 0 aromatic heterocycles. The lowest BCUT2D eigenvalue weighted by Crippen LogP contribution is -2.55. The van der Waals surface area contributed by atoms with Crippen LogP contribution in [0.2, 0.25) is 5.02 Å². The number of carbonyl (C=O) groups is 1. The lowest BCUT2D eigenvalue weighted by Gasteiger charge is -2.50. The van der Waals surface area contributed by atoms with Gasteiger partial charge >= 0.3 is 0 Å². The van der Waals surface area contributed by atoms with E-state index in [9.17, 15) is 4.79 Å². The van der Waals surface area contributed by atoms with Crippen molar-refractivity contribution in [3.8, 4) is 0 Å². The number of amides is 1. The van der Waals surface area contributed by atoms with E-state index in [-0.39, 0.29) is 17.4 Å². The third-order valence-corrected chi connectivity index (χ3v) is 6.21. The molecular formula is C22H25ClN2O2. The number of rotatable bonds is 4. The molecule has 0 bridgehead atoms. The van der Waals surface area contributed by atoms with Crippen molar-refractivity contribution < 1.29 is 9.53 Å². The molecule has 142 valence electrons. The first-order valence-electron chi connectivity index (χ1n) is 9.54. The zero-order valence-electron chi connectivity index (χ0n) is 15.6. The maximum absolute atomic E-state index is 12.9. The summed E-state index contributed by atoms with van der Waals surface area (Å²) in [7, 11) is 0. The summed E-state index contributed by atoms with van der Waals surface area (Å²) in [4.78, 5) is 14.9. The SMILES string of the molecule is Cc1c(Cl)cccc1C1(Nc2ccccc2)CC(C(=O)N2CCOCC2)C1. The molecule has 0 radical (unpaired) electrons. The number of halogens is 1. The van der Waals surface area contributed by atoms with E-state index in [4.69, 9.17) is 16.3 Å². The molecule has 27 heavy (non-hydrogen) atoms. The predicted molar refractivity (Wildman–Crippen MR) is 108 cm³/mol. The van der Waals surface area contributed by atoms with E-state index in [2.05, 4.69) is 30.4 Å². The molecular weight excluding hydrogens is 360 g/mol. The molecule has 2 fully saturated rings. The number of hydrogen-bond donors (Lipinski definition) is 1. The standard InChI is InChI=1S/C22H25ClN2O2/c1-16-19(8-5-9-20(16)23)22(24-18-6-3-2-4-7-18)14-17(15-22)21(26)25-10-12-27-13-11-25/h2-9,17,24H,10-15H2,1H3. The molecule has 4 nitrogen and oxygen atoms in total. The molecule has 1 aliphatic heterocycles. The van der Waals surface area contributed by atoms with Crippen molar-refractivity contribution in [3.63, 3.8) is 0 Å². The predicted octanol–water partition coefficient (Wildman–Crippen LogP) is 4.22. The van der Waals surface area contributed by atoms with Gasteiger partial charge in [0.05, 0.1) is 18.8 Å². The fourth-order valence-corrected chi connectivity index (χ4v) is 4.49. The average Bonchev–Trinajstić information content (AvgIpc) is 2.68. The number of carbonyl (C=O) groups excluding carboxylic acids is 1. The molecule has 0 unspecified atom stereocenters. The van der Waals surface area contributed by atoms with Gasteiger partial charge in [0.25, 0.3) is 0 Å². The molecule has 1 saturated carbocycles. The normalized spacial score (nSPS) is 25.0. The van der Waals surface area contributed by atoms with Crippen LogP contribution in [-0.2, 0) is 15.1 Å². The van der Waals surface area contributed by atoms with E-state index < -0.39 is 0 Å². The Morgan fingerprint density at radius 1 is 1.11 bits per heavy atom. The lowest BCUT2D eigenvalue weighted by molar-refractivity contribution is -0.144. The van der Waals surface area contributed by atoms with E-state index in [1.165, 1.54) is 5.56 Å². The Balaban J connectivity index is 1.59. The number of nitrogens with zero attached hydrogens (tertiary/aromatic N) is 1. The minimum Gasteiger partial charge on any atom is -0.378 e. The van der Waals surface area contributed by atoms with Crippen LogP contribution in [0.4, 0.5) is 5.69 Å². The second-order valence-corrected chi connectivity index (χ2v) is 7.94. The molecule has 2 aliphatic rings. The van der Waals surface area contributed by atoms with Crippen LogP contribution in [0.5, 0.6) is 0 Å². The molecule has 1 saturated heterocycles. The van der Waals surface area contributed by atoms with Gasteiger partial charge in [-0.2, -0.15) is 0 Å². The summed E-state index contributed by atoms with van der Waals surface area (Å²) in [6.07, 6.45) is 1.55. The van der Waals surface area contributed by atoms with Gasteiger partial charge in [0.15, 0.2) is 0 Å². The fraction of sp³-hybridized carbons (Fsp3) is 0.409. The Hall–Kier alpha value is -2.04. The maximum atomic E-state index is 12.9. The van der Waals surface area contributed by atoms with E-state index in [1.807, 2.05) is 35.2 Å². The fourth-order valence-electron chi connectivity index (χ4n) is 4.31. The second-order valence-electron chi connectivity index (χ2n) is 7.53. The summed E-state index contributed by atoms with van der Waals surface area (Å²) in [6.45, 7) is 4.73. The molecule has 0 spiro atoms. The number of morpholine rings is 1. The number of nitrogens with one attached hydrogen (secondary N) is 1. The molecule has 1 aliphatic carbocycles. The van der Waals surface area contributed by atoms with Crippen molar-refractivity contribution in [1.82, 2.24) is 4.90 Å². The summed E-state index contributed by atoms with van der Waals surface area (Å²) < 4.78 is 5.38. The van der Waals surface area contributed by atoms with Crippen molar-refractivity contribution in [2.24, 2.45) is 5.92 Å². The quantitative estimate of drug-likeness (QED) is 0.857. The molecule has 1 amide bonds. The van der Waals surface area contributed by atoms with Crippen molar-refractivity contribution in [2.75, 3.05) is 31.6 Å². The van der Waals surface area contributed by atoms with Crippen molar-refractivity contribution >= 4 is 23.2 Å². The van der Waals surface area contributed by atoms with Gasteiger partial charge in [-0.05, 0) is 49.1 Å². The molecule has 0 atom stereocenters. The number of hydrogen-bond acceptors (Lipinski definition) is 3. The summed E-state index contributed by atoms with van der Waals surface area (Å²) >= 11 is 6.41. The van der Waals surface area contributed by atoms with Crippen LogP contribution in [0.15, 0.2) is 48.5 Å². The highest BCUT2D eigenvalue weighted by Gasteiger charge is 2.50. The Morgan fingerprint density at radius 3 is 2.52 bits per heavy atom. The number of anilines is 1. The van der Waals surface area contributed by atoms with Crippen LogP contribution in [0.1, 0.15) is 24.0 Å². The summed E-state index contributed by atoms with van der Waals surface area (Å²) in [5.74, 6) is 0.293. The Labute approximate surface area is 165 Å². The minimum atomic E-state index is -0.261. The lowest BCUT2D eigenvalue weighted by atomic mass is 9.63. The van der Waals surface area contributed by atoms with Gasteiger partial charge in [-0.3, -0.25) is 4.79 Å². The second kappa shape index (κ2) is 7.53. The van der Waals surface area contributed by atoms with E-state index in [0.717, 1.165) is 29.1 Å². The summed E-state index contributed by atoms with van der Waals surface area (Å²) in [5.41, 5.74) is 3.07. The molecule has 1 heterocycles. The largest absolute Gasteiger partial charge is 0.378 e. The first-order valence-corrected chi connectivity index (χ1v) is 9.92. The maximum Gasteiger partial charge on any atom is 0.226 e. The molecule has 4 rings (SSSR count).